The molecule has 1 fully saturated rings. The van der Waals surface area contributed by atoms with Gasteiger partial charge in [-0.1, -0.05) is 19.1 Å². The van der Waals surface area contributed by atoms with Crippen molar-refractivity contribution in [2.75, 3.05) is 18.8 Å². The summed E-state index contributed by atoms with van der Waals surface area (Å²) in [6.45, 7) is 5.40. The minimum Gasteiger partial charge on any atom is -0.383 e. The topological polar surface area (TPSA) is 55.0 Å². The fourth-order valence-electron chi connectivity index (χ4n) is 2.64. The standard InChI is InChI=1S/C15H20N4/c1-11-6-8-19(9-7-11)10-14-17-13-5-3-2-4-12(13)15(16)18-14/h2-5,11H,6-10H2,1H3,(H2,16,17,18). The number of rotatable bonds is 2. The molecule has 1 aliphatic heterocycles. The van der Waals surface area contributed by atoms with Crippen LogP contribution in [0.4, 0.5) is 5.82 Å². The first kappa shape index (κ1) is 12.4. The van der Waals surface area contributed by atoms with Crippen LogP contribution in [0.3, 0.4) is 0 Å². The Kier molecular flexibility index (Phi) is 3.34. The molecule has 2 aromatic rings. The molecule has 0 bridgehead atoms. The van der Waals surface area contributed by atoms with Gasteiger partial charge in [-0.15, -0.1) is 0 Å². The molecule has 0 amide bonds. The van der Waals surface area contributed by atoms with Gasteiger partial charge in [-0.3, -0.25) is 4.90 Å². The number of hydrogen-bond donors (Lipinski definition) is 1. The monoisotopic (exact) mass is 256 g/mol. The first-order chi connectivity index (χ1) is 9.22. The quantitative estimate of drug-likeness (QED) is 0.896. The van der Waals surface area contributed by atoms with Crippen molar-refractivity contribution in [2.45, 2.75) is 26.3 Å². The molecule has 0 radical (unpaired) electrons. The van der Waals surface area contributed by atoms with Crippen molar-refractivity contribution in [3.8, 4) is 0 Å². The number of hydrogen-bond acceptors (Lipinski definition) is 4. The molecule has 2 N–H and O–H groups in total. The van der Waals surface area contributed by atoms with Crippen LogP contribution in [0.25, 0.3) is 10.9 Å². The maximum Gasteiger partial charge on any atom is 0.145 e. The van der Waals surface area contributed by atoms with Crippen molar-refractivity contribution in [3.63, 3.8) is 0 Å². The summed E-state index contributed by atoms with van der Waals surface area (Å²) in [4.78, 5) is 11.5. The highest BCUT2D eigenvalue weighted by atomic mass is 15.2. The lowest BCUT2D eigenvalue weighted by Gasteiger charge is -2.29. The zero-order chi connectivity index (χ0) is 13.2. The van der Waals surface area contributed by atoms with Gasteiger partial charge in [0, 0.05) is 5.39 Å². The Morgan fingerprint density at radius 3 is 2.74 bits per heavy atom. The van der Waals surface area contributed by atoms with Gasteiger partial charge in [0.2, 0.25) is 0 Å². The molecule has 0 saturated carbocycles. The average Bonchev–Trinajstić information content (AvgIpc) is 2.42. The third-order valence-electron chi connectivity index (χ3n) is 3.92. The molecule has 1 aromatic heterocycles. The predicted molar refractivity (Wildman–Crippen MR) is 77.6 cm³/mol. The van der Waals surface area contributed by atoms with E-state index in [1.807, 2.05) is 24.3 Å². The van der Waals surface area contributed by atoms with E-state index in [4.69, 9.17) is 5.73 Å². The maximum atomic E-state index is 6.01. The van der Waals surface area contributed by atoms with Gasteiger partial charge in [-0.25, -0.2) is 9.97 Å². The molecule has 3 rings (SSSR count). The summed E-state index contributed by atoms with van der Waals surface area (Å²) in [5.41, 5.74) is 6.95. The molecule has 0 atom stereocenters. The number of nitrogens with zero attached hydrogens (tertiary/aromatic N) is 3. The van der Waals surface area contributed by atoms with E-state index in [-0.39, 0.29) is 0 Å². The number of nitrogen functional groups attached to an aromatic ring is 1. The summed E-state index contributed by atoms with van der Waals surface area (Å²) < 4.78 is 0. The highest BCUT2D eigenvalue weighted by Gasteiger charge is 2.17. The third-order valence-corrected chi connectivity index (χ3v) is 3.92. The molecule has 1 aromatic carbocycles. The molecule has 0 unspecified atom stereocenters. The highest BCUT2D eigenvalue weighted by molar-refractivity contribution is 5.87. The van der Waals surface area contributed by atoms with E-state index in [0.29, 0.717) is 5.82 Å². The van der Waals surface area contributed by atoms with Crippen LogP contribution in [0.15, 0.2) is 24.3 Å². The van der Waals surface area contributed by atoms with E-state index in [0.717, 1.165) is 42.3 Å². The number of likely N-dealkylation sites (tertiary alicyclic amines) is 1. The molecule has 1 saturated heterocycles. The molecule has 4 nitrogen and oxygen atoms in total. The van der Waals surface area contributed by atoms with E-state index in [9.17, 15) is 0 Å². The predicted octanol–water partition coefficient (Wildman–Crippen LogP) is 2.44. The maximum absolute atomic E-state index is 6.01. The van der Waals surface area contributed by atoms with E-state index < -0.39 is 0 Å². The van der Waals surface area contributed by atoms with E-state index in [1.165, 1.54) is 12.8 Å². The Balaban J connectivity index is 1.81. The number of para-hydroxylation sites is 1. The lowest BCUT2D eigenvalue weighted by atomic mass is 9.99. The Morgan fingerprint density at radius 2 is 1.95 bits per heavy atom. The van der Waals surface area contributed by atoms with Crippen molar-refractivity contribution in [3.05, 3.63) is 30.1 Å². The smallest absolute Gasteiger partial charge is 0.145 e. The first-order valence-corrected chi connectivity index (χ1v) is 6.96. The summed E-state index contributed by atoms with van der Waals surface area (Å²) in [5, 5.41) is 0.943. The molecule has 4 heteroatoms. The van der Waals surface area contributed by atoms with Gasteiger partial charge in [0.05, 0.1) is 12.1 Å². The minimum absolute atomic E-state index is 0.589. The lowest BCUT2D eigenvalue weighted by molar-refractivity contribution is 0.181. The summed E-state index contributed by atoms with van der Waals surface area (Å²) in [6, 6.07) is 7.92. The van der Waals surface area contributed by atoms with Crippen molar-refractivity contribution in [2.24, 2.45) is 5.92 Å². The van der Waals surface area contributed by atoms with Gasteiger partial charge in [-0.05, 0) is 44.0 Å². The molecule has 0 aliphatic carbocycles. The average molecular weight is 256 g/mol. The molecule has 19 heavy (non-hydrogen) atoms. The molecular weight excluding hydrogens is 236 g/mol. The molecule has 0 spiro atoms. The number of aromatic nitrogens is 2. The van der Waals surface area contributed by atoms with Crippen LogP contribution in [-0.4, -0.2) is 28.0 Å². The lowest BCUT2D eigenvalue weighted by Crippen LogP contribution is -2.33. The van der Waals surface area contributed by atoms with Crippen LogP contribution < -0.4 is 5.73 Å². The Morgan fingerprint density at radius 1 is 1.21 bits per heavy atom. The van der Waals surface area contributed by atoms with Crippen molar-refractivity contribution in [1.29, 1.82) is 0 Å². The first-order valence-electron chi connectivity index (χ1n) is 6.96. The van der Waals surface area contributed by atoms with E-state index in [2.05, 4.69) is 21.8 Å². The van der Waals surface area contributed by atoms with Crippen LogP contribution in [0, 0.1) is 5.92 Å². The van der Waals surface area contributed by atoms with Gasteiger partial charge in [0.15, 0.2) is 0 Å². The SMILES string of the molecule is CC1CCN(Cc2nc(N)c3ccccc3n2)CC1. The minimum atomic E-state index is 0.589. The third kappa shape index (κ3) is 2.68. The zero-order valence-electron chi connectivity index (χ0n) is 11.3. The molecule has 2 heterocycles. The second-order valence-electron chi connectivity index (χ2n) is 5.50. The Labute approximate surface area is 113 Å². The van der Waals surface area contributed by atoms with Crippen LogP contribution >= 0.6 is 0 Å². The van der Waals surface area contributed by atoms with Crippen molar-refractivity contribution in [1.82, 2.24) is 14.9 Å². The van der Waals surface area contributed by atoms with Crippen molar-refractivity contribution < 1.29 is 0 Å². The molecule has 100 valence electrons. The van der Waals surface area contributed by atoms with Crippen LogP contribution in [0.1, 0.15) is 25.6 Å². The van der Waals surface area contributed by atoms with Gasteiger partial charge < -0.3 is 5.73 Å². The fourth-order valence-corrected chi connectivity index (χ4v) is 2.64. The van der Waals surface area contributed by atoms with Gasteiger partial charge in [-0.2, -0.15) is 0 Å². The number of nitrogens with two attached hydrogens (primary N) is 1. The Hall–Kier alpha value is -1.68. The zero-order valence-corrected chi connectivity index (χ0v) is 11.3. The summed E-state index contributed by atoms with van der Waals surface area (Å²) in [7, 11) is 0. The van der Waals surface area contributed by atoms with Crippen LogP contribution in [-0.2, 0) is 6.54 Å². The summed E-state index contributed by atoms with van der Waals surface area (Å²) in [6.07, 6.45) is 2.53. The number of fused-ring (bicyclic) bond motifs is 1. The van der Waals surface area contributed by atoms with Gasteiger partial charge in [0.25, 0.3) is 0 Å². The second kappa shape index (κ2) is 5.13. The number of piperidine rings is 1. The fraction of sp³-hybridized carbons (Fsp3) is 0.467. The Bertz CT molecular complexity index is 573. The summed E-state index contributed by atoms with van der Waals surface area (Å²) >= 11 is 0. The molecular formula is C15H20N4. The normalized spacial score (nSPS) is 17.9. The van der Waals surface area contributed by atoms with Gasteiger partial charge in [0.1, 0.15) is 11.6 Å². The van der Waals surface area contributed by atoms with Crippen molar-refractivity contribution >= 4 is 16.7 Å². The number of benzene rings is 1. The number of anilines is 1. The van der Waals surface area contributed by atoms with Gasteiger partial charge >= 0.3 is 0 Å². The van der Waals surface area contributed by atoms with E-state index in [1.54, 1.807) is 0 Å². The molecule has 1 aliphatic rings. The van der Waals surface area contributed by atoms with E-state index >= 15 is 0 Å². The summed E-state index contributed by atoms with van der Waals surface area (Å²) in [5.74, 6) is 2.27. The second-order valence-corrected chi connectivity index (χ2v) is 5.50. The van der Waals surface area contributed by atoms with Crippen LogP contribution in [0.2, 0.25) is 0 Å². The highest BCUT2D eigenvalue weighted by Crippen LogP contribution is 2.20. The van der Waals surface area contributed by atoms with Crippen LogP contribution in [0.5, 0.6) is 0 Å². The largest absolute Gasteiger partial charge is 0.383 e.